The van der Waals surface area contributed by atoms with E-state index in [1.807, 2.05) is 0 Å². The van der Waals surface area contributed by atoms with Gasteiger partial charge in [-0.2, -0.15) is 23.1 Å². The molecule has 208 valence electrons. The van der Waals surface area contributed by atoms with Crippen LogP contribution in [0.1, 0.15) is 19.4 Å². The highest BCUT2D eigenvalue weighted by molar-refractivity contribution is 7.92. The smallest absolute Gasteiger partial charge is 0.418 e. The molecule has 1 fully saturated rings. The molecule has 15 heteroatoms. The molecule has 0 spiro atoms. The molecule has 4 N–H and O–H groups in total. The van der Waals surface area contributed by atoms with Crippen LogP contribution in [0.4, 0.5) is 30.6 Å². The summed E-state index contributed by atoms with van der Waals surface area (Å²) in [6, 6.07) is 4.19. The molecule has 2 aromatic heterocycles. The number of nitrogens with one attached hydrogen (secondary N) is 4. The molecule has 0 aliphatic carbocycles. The zero-order chi connectivity index (χ0) is 27.7. The van der Waals surface area contributed by atoms with Crippen LogP contribution in [0.25, 0.3) is 11.0 Å². The van der Waals surface area contributed by atoms with Gasteiger partial charge in [0.15, 0.2) is 5.44 Å². The molecule has 1 atom stereocenters. The fraction of sp³-hybridized carbons (Fsp3) is 0.478. The number of anilines is 3. The maximum absolute atomic E-state index is 13.7. The molecule has 1 aromatic carbocycles. The predicted molar refractivity (Wildman–Crippen MR) is 135 cm³/mol. The van der Waals surface area contributed by atoms with Gasteiger partial charge in [-0.25, -0.2) is 8.42 Å². The van der Waals surface area contributed by atoms with Crippen molar-refractivity contribution in [3.05, 3.63) is 30.0 Å². The van der Waals surface area contributed by atoms with Crippen LogP contribution in [0.5, 0.6) is 5.75 Å². The average molecular weight is 559 g/mol. The number of morpholine rings is 1. The van der Waals surface area contributed by atoms with E-state index < -0.39 is 32.6 Å². The van der Waals surface area contributed by atoms with E-state index in [9.17, 15) is 21.6 Å². The number of hydrogen-bond donors (Lipinski definition) is 4. The highest BCUT2D eigenvalue weighted by Crippen LogP contribution is 2.39. The molecular formula is C23H29F3N6O5S. The van der Waals surface area contributed by atoms with Crippen molar-refractivity contribution >= 4 is 38.3 Å². The van der Waals surface area contributed by atoms with Crippen molar-refractivity contribution in [1.82, 2.24) is 20.3 Å². The van der Waals surface area contributed by atoms with Gasteiger partial charge in [0.1, 0.15) is 17.2 Å². The van der Waals surface area contributed by atoms with E-state index >= 15 is 0 Å². The molecule has 3 aromatic rings. The van der Waals surface area contributed by atoms with Crippen molar-refractivity contribution < 1.29 is 35.8 Å². The third-order valence-electron chi connectivity index (χ3n) is 5.79. The number of ether oxygens (including phenoxy) is 3. The number of methoxy groups -OCH3 is 2. The fourth-order valence-electron chi connectivity index (χ4n) is 4.09. The van der Waals surface area contributed by atoms with E-state index in [0.29, 0.717) is 12.2 Å². The second-order valence-electron chi connectivity index (χ2n) is 9.30. The number of aromatic nitrogens is 3. The second-order valence-corrected chi connectivity index (χ2v) is 11.4. The first-order valence-corrected chi connectivity index (χ1v) is 13.1. The first-order chi connectivity index (χ1) is 17.9. The minimum absolute atomic E-state index is 0.00664. The van der Waals surface area contributed by atoms with Gasteiger partial charge in [-0.15, -0.1) is 0 Å². The van der Waals surface area contributed by atoms with Crippen molar-refractivity contribution in [3.8, 4) is 5.75 Å². The molecule has 0 saturated carbocycles. The van der Waals surface area contributed by atoms with Crippen LogP contribution in [0.3, 0.4) is 0 Å². The van der Waals surface area contributed by atoms with Crippen molar-refractivity contribution in [2.75, 3.05) is 51.2 Å². The Kier molecular flexibility index (Phi) is 7.74. The van der Waals surface area contributed by atoms with Gasteiger partial charge in [0, 0.05) is 32.5 Å². The second kappa shape index (κ2) is 10.6. The number of halogens is 3. The van der Waals surface area contributed by atoms with Crippen LogP contribution in [0.15, 0.2) is 29.3 Å². The summed E-state index contributed by atoms with van der Waals surface area (Å²) < 4.78 is 83.1. The molecule has 38 heavy (non-hydrogen) atoms. The van der Waals surface area contributed by atoms with Gasteiger partial charge in [0.25, 0.3) is 0 Å². The zero-order valence-electron chi connectivity index (χ0n) is 21.2. The third-order valence-corrected chi connectivity index (χ3v) is 7.69. The molecule has 1 saturated heterocycles. The van der Waals surface area contributed by atoms with E-state index in [4.69, 9.17) is 14.2 Å². The zero-order valence-corrected chi connectivity index (χ0v) is 22.0. The van der Waals surface area contributed by atoms with Crippen molar-refractivity contribution in [2.45, 2.75) is 35.9 Å². The fourth-order valence-corrected chi connectivity index (χ4v) is 5.53. The first-order valence-electron chi connectivity index (χ1n) is 11.6. The molecule has 3 heterocycles. The highest BCUT2D eigenvalue weighted by Gasteiger charge is 2.36. The van der Waals surface area contributed by atoms with E-state index in [1.165, 1.54) is 32.4 Å². The number of aromatic amines is 1. The standard InChI is InChI=1S/C23H29F3N6O5S/c1-22(2,12-35-3)32-20-18-14(23(24,25)26)10-28-19(18)30-21(31-20)29-15-6-5-13(9-16(15)36-4)38(33,34)17-11-27-7-8-37-17/h5-6,9-10,17,27H,7-8,11-12H2,1-4H3,(H3,28,29,30,31,32). The summed E-state index contributed by atoms with van der Waals surface area (Å²) >= 11 is 0. The Hall–Kier alpha value is -3.14. The van der Waals surface area contributed by atoms with Crippen molar-refractivity contribution in [3.63, 3.8) is 0 Å². The Bertz CT molecular complexity index is 1400. The van der Waals surface area contributed by atoms with Gasteiger partial charge in [0.2, 0.25) is 15.8 Å². The molecule has 0 bridgehead atoms. The topological polar surface area (TPSA) is 139 Å². The lowest BCUT2D eigenvalue weighted by Crippen LogP contribution is -2.43. The number of rotatable bonds is 9. The normalized spacial score (nSPS) is 17.0. The van der Waals surface area contributed by atoms with Gasteiger partial charge in [-0.1, -0.05) is 0 Å². The Morgan fingerprint density at radius 1 is 1.21 bits per heavy atom. The Morgan fingerprint density at radius 3 is 2.61 bits per heavy atom. The maximum Gasteiger partial charge on any atom is 0.418 e. The van der Waals surface area contributed by atoms with Crippen LogP contribution >= 0.6 is 0 Å². The van der Waals surface area contributed by atoms with Crippen LogP contribution < -0.4 is 20.7 Å². The minimum Gasteiger partial charge on any atom is -0.495 e. The van der Waals surface area contributed by atoms with Crippen molar-refractivity contribution in [2.24, 2.45) is 0 Å². The van der Waals surface area contributed by atoms with Crippen LogP contribution in [-0.2, 0) is 25.5 Å². The van der Waals surface area contributed by atoms with Gasteiger partial charge in [-0.3, -0.25) is 0 Å². The molecule has 4 rings (SSSR count). The van der Waals surface area contributed by atoms with Gasteiger partial charge < -0.3 is 35.1 Å². The molecule has 0 radical (unpaired) electrons. The summed E-state index contributed by atoms with van der Waals surface area (Å²) in [5.74, 6) is 0.0565. The number of sulfone groups is 1. The summed E-state index contributed by atoms with van der Waals surface area (Å²) in [7, 11) is -0.970. The van der Waals surface area contributed by atoms with Crippen LogP contribution in [0, 0.1) is 0 Å². The average Bonchev–Trinajstić information content (AvgIpc) is 3.29. The molecular weight excluding hydrogens is 529 g/mol. The van der Waals surface area contributed by atoms with Gasteiger partial charge >= 0.3 is 6.18 Å². The summed E-state index contributed by atoms with van der Waals surface area (Å²) in [6.45, 7) is 4.69. The Morgan fingerprint density at radius 2 is 1.97 bits per heavy atom. The summed E-state index contributed by atoms with van der Waals surface area (Å²) in [6.07, 6.45) is -3.81. The summed E-state index contributed by atoms with van der Waals surface area (Å²) in [5, 5.41) is 8.70. The third kappa shape index (κ3) is 5.80. The molecule has 1 aliphatic heterocycles. The minimum atomic E-state index is -4.64. The van der Waals surface area contributed by atoms with E-state index in [0.717, 1.165) is 6.20 Å². The lowest BCUT2D eigenvalue weighted by Gasteiger charge is -2.27. The number of benzene rings is 1. The molecule has 1 aliphatic rings. The maximum atomic E-state index is 13.7. The summed E-state index contributed by atoms with van der Waals surface area (Å²) in [5.41, 5.74) is -2.47. The Labute approximate surface area is 217 Å². The lowest BCUT2D eigenvalue weighted by molar-refractivity contribution is -0.136. The Balaban J connectivity index is 1.72. The van der Waals surface area contributed by atoms with Crippen LogP contribution in [0.2, 0.25) is 0 Å². The lowest BCUT2D eigenvalue weighted by atomic mass is 10.1. The quantitative estimate of drug-likeness (QED) is 0.309. The monoisotopic (exact) mass is 558 g/mol. The van der Waals surface area contributed by atoms with Gasteiger partial charge in [0.05, 0.1) is 47.4 Å². The molecule has 11 nitrogen and oxygen atoms in total. The predicted octanol–water partition coefficient (Wildman–Crippen LogP) is 3.29. The number of hydrogen-bond acceptors (Lipinski definition) is 10. The van der Waals surface area contributed by atoms with Gasteiger partial charge in [-0.05, 0) is 26.0 Å². The number of fused-ring (bicyclic) bond motifs is 1. The first kappa shape index (κ1) is 27.9. The highest BCUT2D eigenvalue weighted by atomic mass is 32.2. The van der Waals surface area contributed by atoms with E-state index in [-0.39, 0.29) is 53.2 Å². The number of H-pyrrole nitrogens is 1. The molecule has 0 amide bonds. The SMILES string of the molecule is COCC(C)(C)Nc1nc(Nc2ccc(S(=O)(=O)C3CNCCO3)cc2OC)nc2[nH]cc(C(F)(F)F)c12. The number of nitrogens with zero attached hydrogens (tertiary/aromatic N) is 2. The van der Waals surface area contributed by atoms with Crippen LogP contribution in [-0.4, -0.2) is 74.9 Å². The van der Waals surface area contributed by atoms with E-state index in [2.05, 4.69) is 30.9 Å². The summed E-state index contributed by atoms with van der Waals surface area (Å²) in [4.78, 5) is 11.1. The number of alkyl halides is 3. The molecule has 1 unspecified atom stereocenters. The van der Waals surface area contributed by atoms with E-state index in [1.54, 1.807) is 13.8 Å². The van der Waals surface area contributed by atoms with Crippen molar-refractivity contribution in [1.29, 1.82) is 0 Å². The largest absolute Gasteiger partial charge is 0.495 e.